The summed E-state index contributed by atoms with van der Waals surface area (Å²) in [7, 11) is 0. The number of benzene rings is 1. The first-order valence-electron chi connectivity index (χ1n) is 7.76. The highest BCUT2D eigenvalue weighted by Gasteiger charge is 2.43. The van der Waals surface area contributed by atoms with Gasteiger partial charge in [-0.25, -0.2) is 4.98 Å². The molecule has 5 nitrogen and oxygen atoms in total. The van der Waals surface area contributed by atoms with E-state index < -0.39 is 0 Å². The number of thiazole rings is 1. The highest BCUT2D eigenvalue weighted by Crippen LogP contribution is 2.28. The van der Waals surface area contributed by atoms with Crippen LogP contribution in [0.15, 0.2) is 35.7 Å². The predicted molar refractivity (Wildman–Crippen MR) is 87.8 cm³/mol. The van der Waals surface area contributed by atoms with Gasteiger partial charge in [-0.1, -0.05) is 30.3 Å². The van der Waals surface area contributed by atoms with Gasteiger partial charge >= 0.3 is 0 Å². The van der Waals surface area contributed by atoms with Crippen LogP contribution in [-0.4, -0.2) is 41.3 Å². The van der Waals surface area contributed by atoms with Crippen molar-refractivity contribution in [3.8, 4) is 10.6 Å². The summed E-state index contributed by atoms with van der Waals surface area (Å²) < 4.78 is 0. The third-order valence-corrected chi connectivity index (χ3v) is 5.51. The number of hydrogen-bond donors (Lipinski definition) is 1. The second kappa shape index (κ2) is 5.77. The van der Waals surface area contributed by atoms with Crippen molar-refractivity contribution in [3.05, 3.63) is 41.4 Å². The summed E-state index contributed by atoms with van der Waals surface area (Å²) in [6, 6.07) is 9.97. The standard InChI is InChI=1S/C17H17N3O2S/c21-15(20-8-12-7-18-16(22)14(12)9-20)6-13-10-23-17(19-13)11-4-2-1-3-5-11/h1-5,10,12,14H,6-9H2,(H,18,22)/t12-,14+/m0/s1. The third-order valence-electron chi connectivity index (χ3n) is 4.57. The molecule has 2 aliphatic heterocycles. The fraction of sp³-hybridized carbons (Fsp3) is 0.353. The van der Waals surface area contributed by atoms with Crippen molar-refractivity contribution in [2.45, 2.75) is 6.42 Å². The minimum absolute atomic E-state index is 0.0192. The van der Waals surface area contributed by atoms with Crippen molar-refractivity contribution in [3.63, 3.8) is 0 Å². The molecule has 2 atom stereocenters. The number of amides is 2. The van der Waals surface area contributed by atoms with Crippen molar-refractivity contribution in [2.75, 3.05) is 19.6 Å². The minimum Gasteiger partial charge on any atom is -0.355 e. The second-order valence-electron chi connectivity index (χ2n) is 6.10. The molecule has 4 rings (SSSR count). The van der Waals surface area contributed by atoms with E-state index in [2.05, 4.69) is 10.3 Å². The lowest BCUT2D eigenvalue weighted by molar-refractivity contribution is -0.130. The number of aromatic nitrogens is 1. The van der Waals surface area contributed by atoms with E-state index in [-0.39, 0.29) is 23.7 Å². The Hall–Kier alpha value is -2.21. The maximum atomic E-state index is 12.5. The highest BCUT2D eigenvalue weighted by atomic mass is 32.1. The molecule has 2 saturated heterocycles. The first-order valence-corrected chi connectivity index (χ1v) is 8.64. The van der Waals surface area contributed by atoms with Gasteiger partial charge in [0.25, 0.3) is 0 Å². The van der Waals surface area contributed by atoms with Crippen LogP contribution in [0.2, 0.25) is 0 Å². The van der Waals surface area contributed by atoms with E-state index in [0.29, 0.717) is 26.1 Å². The first-order chi connectivity index (χ1) is 11.2. The average molecular weight is 327 g/mol. The zero-order valence-corrected chi connectivity index (χ0v) is 13.4. The van der Waals surface area contributed by atoms with E-state index >= 15 is 0 Å². The van der Waals surface area contributed by atoms with Crippen LogP contribution in [0.5, 0.6) is 0 Å². The Morgan fingerprint density at radius 1 is 1.30 bits per heavy atom. The van der Waals surface area contributed by atoms with Crippen LogP contribution < -0.4 is 5.32 Å². The molecule has 0 spiro atoms. The van der Waals surface area contributed by atoms with Crippen molar-refractivity contribution >= 4 is 23.2 Å². The molecule has 3 heterocycles. The normalized spacial score (nSPS) is 23.0. The summed E-state index contributed by atoms with van der Waals surface area (Å²) in [5.74, 6) is 0.415. The molecule has 2 fully saturated rings. The molecular formula is C17H17N3O2S. The van der Waals surface area contributed by atoms with Gasteiger partial charge in [-0.15, -0.1) is 11.3 Å². The minimum atomic E-state index is -0.0192. The fourth-order valence-electron chi connectivity index (χ4n) is 3.31. The number of hydrogen-bond acceptors (Lipinski definition) is 4. The Labute approximate surface area is 138 Å². The number of carbonyl (C=O) groups excluding carboxylic acids is 2. The van der Waals surface area contributed by atoms with Gasteiger partial charge in [0, 0.05) is 36.5 Å². The van der Waals surface area contributed by atoms with Crippen molar-refractivity contribution < 1.29 is 9.59 Å². The molecule has 6 heteroatoms. The molecule has 1 aromatic carbocycles. The van der Waals surface area contributed by atoms with Gasteiger partial charge in [0.15, 0.2) is 0 Å². The van der Waals surface area contributed by atoms with E-state index in [9.17, 15) is 9.59 Å². The molecule has 1 aromatic heterocycles. The van der Waals surface area contributed by atoms with Gasteiger partial charge in [-0.05, 0) is 0 Å². The fourth-order valence-corrected chi connectivity index (χ4v) is 4.14. The molecule has 0 unspecified atom stereocenters. The van der Waals surface area contributed by atoms with Crippen molar-refractivity contribution in [1.82, 2.24) is 15.2 Å². The maximum Gasteiger partial charge on any atom is 0.228 e. The van der Waals surface area contributed by atoms with Gasteiger partial charge in [-0.2, -0.15) is 0 Å². The molecule has 2 aromatic rings. The number of rotatable bonds is 3. The number of likely N-dealkylation sites (tertiary alicyclic amines) is 1. The van der Waals surface area contributed by atoms with Crippen LogP contribution in [0.4, 0.5) is 0 Å². The van der Waals surface area contributed by atoms with Crippen LogP contribution >= 0.6 is 11.3 Å². The molecule has 0 bridgehead atoms. The summed E-state index contributed by atoms with van der Waals surface area (Å²) >= 11 is 1.56. The molecule has 1 N–H and O–H groups in total. The molecule has 0 radical (unpaired) electrons. The summed E-state index contributed by atoms with van der Waals surface area (Å²) in [6.07, 6.45) is 0.310. The Bertz CT molecular complexity index is 743. The van der Waals surface area contributed by atoms with Gasteiger partial charge < -0.3 is 10.2 Å². The summed E-state index contributed by atoms with van der Waals surface area (Å²) in [5.41, 5.74) is 1.88. The van der Waals surface area contributed by atoms with Gasteiger partial charge in [0.05, 0.1) is 18.0 Å². The van der Waals surface area contributed by atoms with Crippen LogP contribution in [-0.2, 0) is 16.0 Å². The van der Waals surface area contributed by atoms with Crippen LogP contribution in [0.25, 0.3) is 10.6 Å². The topological polar surface area (TPSA) is 62.3 Å². The van der Waals surface area contributed by atoms with Gasteiger partial charge in [-0.3, -0.25) is 9.59 Å². The molecule has 2 amide bonds. The van der Waals surface area contributed by atoms with E-state index in [1.54, 1.807) is 11.3 Å². The van der Waals surface area contributed by atoms with Gasteiger partial charge in [0.1, 0.15) is 5.01 Å². The van der Waals surface area contributed by atoms with Crippen LogP contribution in [0.1, 0.15) is 5.69 Å². The Morgan fingerprint density at radius 3 is 2.91 bits per heavy atom. The van der Waals surface area contributed by atoms with E-state index in [1.807, 2.05) is 40.6 Å². The Morgan fingerprint density at radius 2 is 2.13 bits per heavy atom. The maximum absolute atomic E-state index is 12.5. The first kappa shape index (κ1) is 14.4. The van der Waals surface area contributed by atoms with Crippen molar-refractivity contribution in [2.24, 2.45) is 11.8 Å². The third kappa shape index (κ3) is 2.74. The quantitative estimate of drug-likeness (QED) is 0.930. The largest absolute Gasteiger partial charge is 0.355 e. The molecule has 118 valence electrons. The summed E-state index contributed by atoms with van der Waals surface area (Å²) in [5, 5.41) is 5.75. The number of nitrogens with zero attached hydrogens (tertiary/aromatic N) is 2. The lowest BCUT2D eigenvalue weighted by Gasteiger charge is -2.16. The van der Waals surface area contributed by atoms with Crippen LogP contribution in [0.3, 0.4) is 0 Å². The zero-order valence-electron chi connectivity index (χ0n) is 12.6. The SMILES string of the molecule is O=C1NC[C@H]2CN(C(=O)Cc3csc(-c4ccccc4)n3)C[C@@H]12. The number of carbonyl (C=O) groups is 2. The van der Waals surface area contributed by atoms with E-state index in [0.717, 1.165) is 16.3 Å². The molecular weight excluding hydrogens is 310 g/mol. The molecule has 23 heavy (non-hydrogen) atoms. The molecule has 0 aliphatic carbocycles. The Kier molecular flexibility index (Phi) is 3.61. The second-order valence-corrected chi connectivity index (χ2v) is 6.96. The highest BCUT2D eigenvalue weighted by molar-refractivity contribution is 7.13. The molecule has 0 saturated carbocycles. The average Bonchev–Trinajstić information content (AvgIpc) is 3.26. The molecule has 2 aliphatic rings. The summed E-state index contributed by atoms with van der Waals surface area (Å²) in [4.78, 5) is 30.5. The smallest absolute Gasteiger partial charge is 0.228 e. The lowest BCUT2D eigenvalue weighted by atomic mass is 10.0. The Balaban J connectivity index is 1.42. The van der Waals surface area contributed by atoms with Crippen LogP contribution in [0, 0.1) is 11.8 Å². The van der Waals surface area contributed by atoms with E-state index in [1.165, 1.54) is 0 Å². The number of nitrogens with one attached hydrogen (secondary N) is 1. The van der Waals surface area contributed by atoms with Gasteiger partial charge in [0.2, 0.25) is 11.8 Å². The lowest BCUT2D eigenvalue weighted by Crippen LogP contribution is -2.34. The zero-order chi connectivity index (χ0) is 15.8. The monoisotopic (exact) mass is 327 g/mol. The summed E-state index contributed by atoms with van der Waals surface area (Å²) in [6.45, 7) is 1.92. The van der Waals surface area contributed by atoms with E-state index in [4.69, 9.17) is 0 Å². The van der Waals surface area contributed by atoms with Crippen molar-refractivity contribution in [1.29, 1.82) is 0 Å². The predicted octanol–water partition coefficient (Wildman–Crippen LogP) is 1.56. The number of fused-ring (bicyclic) bond motifs is 1.